The van der Waals surface area contributed by atoms with Crippen molar-refractivity contribution >= 4 is 17.4 Å². The molecule has 32 heavy (non-hydrogen) atoms. The minimum absolute atomic E-state index is 0.00195. The maximum atomic E-state index is 13.0. The zero-order chi connectivity index (χ0) is 23.3. The predicted molar refractivity (Wildman–Crippen MR) is 112 cm³/mol. The van der Waals surface area contributed by atoms with E-state index in [0.29, 0.717) is 28.3 Å². The second kappa shape index (κ2) is 9.84. The summed E-state index contributed by atoms with van der Waals surface area (Å²) in [5, 5.41) is 7.82. The lowest BCUT2D eigenvalue weighted by Gasteiger charge is -2.14. The molecule has 1 fully saturated rings. The molecule has 0 aliphatic heterocycles. The van der Waals surface area contributed by atoms with Gasteiger partial charge in [0.1, 0.15) is 13.7 Å². The highest BCUT2D eigenvalue weighted by molar-refractivity contribution is 6.43. The Morgan fingerprint density at radius 1 is 1.09 bits per heavy atom. The van der Waals surface area contributed by atoms with Crippen LogP contribution in [0.25, 0.3) is 0 Å². The number of ether oxygens (including phenoxy) is 1. The van der Waals surface area contributed by atoms with Gasteiger partial charge in [-0.15, -0.1) is 0 Å². The highest BCUT2D eigenvalue weighted by atomic mass is 19.4. The maximum absolute atomic E-state index is 13.0. The van der Waals surface area contributed by atoms with Crippen LogP contribution >= 0.6 is 0 Å². The Kier molecular flexibility index (Phi) is 7.17. The molecule has 9 heteroatoms. The Morgan fingerprint density at radius 2 is 1.81 bits per heavy atom. The molecule has 1 saturated carbocycles. The topological polar surface area (TPSA) is 69.5 Å². The van der Waals surface area contributed by atoms with Crippen molar-refractivity contribution in [2.75, 3.05) is 14.2 Å². The van der Waals surface area contributed by atoms with Gasteiger partial charge in [-0.1, -0.05) is 40.6 Å². The lowest BCUT2D eigenvalue weighted by molar-refractivity contribution is -0.137. The van der Waals surface area contributed by atoms with Gasteiger partial charge in [-0.25, -0.2) is 4.79 Å². The first-order valence-corrected chi connectivity index (χ1v) is 9.92. The van der Waals surface area contributed by atoms with E-state index in [1.165, 1.54) is 26.4 Å². The molecule has 0 saturated heterocycles. The summed E-state index contributed by atoms with van der Waals surface area (Å²) in [6.45, 7) is 1.56. The summed E-state index contributed by atoms with van der Waals surface area (Å²) in [5.74, 6) is -0.326. The van der Waals surface area contributed by atoms with Crippen LogP contribution in [-0.2, 0) is 32.0 Å². The third-order valence-electron chi connectivity index (χ3n) is 5.06. The first-order valence-electron chi connectivity index (χ1n) is 9.92. The largest absolute Gasteiger partial charge is 0.464 e. The molecular weight excluding hydrogens is 425 g/mol. The molecule has 0 radical (unpaired) electrons. The average molecular weight is 448 g/mol. The summed E-state index contributed by atoms with van der Waals surface area (Å²) in [4.78, 5) is 22.6. The van der Waals surface area contributed by atoms with Crippen LogP contribution in [0, 0.1) is 0 Å². The Hall–Kier alpha value is -3.36. The Morgan fingerprint density at radius 3 is 2.44 bits per heavy atom. The third kappa shape index (κ3) is 5.46. The van der Waals surface area contributed by atoms with E-state index in [4.69, 9.17) is 14.4 Å². The highest BCUT2D eigenvalue weighted by Crippen LogP contribution is 2.42. The molecule has 2 aromatic carbocycles. The van der Waals surface area contributed by atoms with E-state index in [1.807, 2.05) is 12.1 Å². The molecule has 0 amide bonds. The van der Waals surface area contributed by atoms with Gasteiger partial charge < -0.3 is 14.4 Å². The van der Waals surface area contributed by atoms with Gasteiger partial charge in [-0.2, -0.15) is 13.2 Å². The van der Waals surface area contributed by atoms with E-state index in [2.05, 4.69) is 10.3 Å². The summed E-state index contributed by atoms with van der Waals surface area (Å²) >= 11 is 0. The van der Waals surface area contributed by atoms with Crippen LogP contribution < -0.4 is 0 Å². The lowest BCUT2D eigenvalue weighted by Crippen LogP contribution is -2.20. The summed E-state index contributed by atoms with van der Waals surface area (Å²) in [6, 6.07) is 10.3. The van der Waals surface area contributed by atoms with Crippen LogP contribution in [0.2, 0.25) is 0 Å². The number of carbonyl (C=O) groups excluding carboxylic acids is 1. The molecule has 0 atom stereocenters. The number of oxime groups is 2. The molecule has 0 unspecified atom stereocenters. The quantitative estimate of drug-likeness (QED) is 0.322. The van der Waals surface area contributed by atoms with Crippen LogP contribution in [0.15, 0.2) is 52.8 Å². The minimum atomic E-state index is -4.44. The van der Waals surface area contributed by atoms with Crippen LogP contribution in [0.4, 0.5) is 13.2 Å². The number of hydrogen-bond acceptors (Lipinski definition) is 6. The number of halogens is 3. The number of nitrogens with zero attached hydrogens (tertiary/aromatic N) is 2. The molecule has 1 aliphatic rings. The van der Waals surface area contributed by atoms with Crippen molar-refractivity contribution in [1.82, 2.24) is 0 Å². The first-order chi connectivity index (χ1) is 15.3. The molecule has 0 N–H and O–H groups in total. The zero-order valence-corrected chi connectivity index (χ0v) is 17.9. The van der Waals surface area contributed by atoms with Crippen molar-refractivity contribution in [2.45, 2.75) is 38.5 Å². The van der Waals surface area contributed by atoms with Crippen molar-refractivity contribution in [3.63, 3.8) is 0 Å². The smallest absolute Gasteiger partial charge is 0.416 e. The maximum Gasteiger partial charge on any atom is 0.416 e. The number of rotatable bonds is 8. The average Bonchev–Trinajstić information content (AvgIpc) is 3.62. The third-order valence-corrected chi connectivity index (χ3v) is 5.06. The van der Waals surface area contributed by atoms with E-state index in [-0.39, 0.29) is 12.3 Å². The fraction of sp³-hybridized carbons (Fsp3) is 0.348. The second-order valence-corrected chi connectivity index (χ2v) is 7.29. The van der Waals surface area contributed by atoms with Gasteiger partial charge >= 0.3 is 12.1 Å². The van der Waals surface area contributed by atoms with Gasteiger partial charge in [0.05, 0.1) is 18.4 Å². The number of benzene rings is 2. The standard InChI is InChI=1S/C23H23F3N2O4/c1-14(16-6-4-7-17(12-16)23(24,25)26)27-32-13-20-18(15-10-11-15)8-5-9-19(20)21(28-31-3)22(29)30-2/h4-9,12,15H,10-11,13H2,1-3H3/b27-14+,28-21+. The zero-order valence-electron chi connectivity index (χ0n) is 17.9. The number of methoxy groups -OCH3 is 1. The van der Waals surface area contributed by atoms with Gasteiger partial charge in [-0.3, -0.25) is 0 Å². The SMILES string of the molecule is CO/N=C(/C(=O)OC)c1cccc(C2CC2)c1CO/N=C(\C)c1cccc(C(F)(F)F)c1. The number of carbonyl (C=O) groups is 1. The molecule has 0 spiro atoms. The Bertz CT molecular complexity index is 1040. The van der Waals surface area contributed by atoms with Crippen molar-refractivity contribution in [3.8, 4) is 0 Å². The van der Waals surface area contributed by atoms with Crippen LogP contribution in [0.1, 0.15) is 53.5 Å². The van der Waals surface area contributed by atoms with E-state index in [0.717, 1.165) is 30.5 Å². The van der Waals surface area contributed by atoms with Crippen LogP contribution in [0.3, 0.4) is 0 Å². The predicted octanol–water partition coefficient (Wildman–Crippen LogP) is 5.05. The van der Waals surface area contributed by atoms with Gasteiger partial charge in [0.25, 0.3) is 0 Å². The lowest BCUT2D eigenvalue weighted by atomic mass is 9.95. The van der Waals surface area contributed by atoms with E-state index in [1.54, 1.807) is 13.0 Å². The number of hydrogen-bond donors (Lipinski definition) is 0. The Balaban J connectivity index is 1.89. The normalized spacial score (nSPS) is 14.8. The van der Waals surface area contributed by atoms with Crippen LogP contribution in [-0.4, -0.2) is 31.6 Å². The molecule has 3 rings (SSSR count). The molecule has 0 heterocycles. The van der Waals surface area contributed by atoms with Gasteiger partial charge in [0, 0.05) is 11.1 Å². The van der Waals surface area contributed by atoms with E-state index < -0.39 is 17.7 Å². The second-order valence-electron chi connectivity index (χ2n) is 7.29. The van der Waals surface area contributed by atoms with Gasteiger partial charge in [-0.05, 0) is 48.9 Å². The summed E-state index contributed by atoms with van der Waals surface area (Å²) in [7, 11) is 2.57. The summed E-state index contributed by atoms with van der Waals surface area (Å²) < 4.78 is 43.8. The molecule has 0 bridgehead atoms. The summed E-state index contributed by atoms with van der Waals surface area (Å²) in [6.07, 6.45) is -2.42. The van der Waals surface area contributed by atoms with E-state index in [9.17, 15) is 18.0 Å². The van der Waals surface area contributed by atoms with Gasteiger partial charge in [0.2, 0.25) is 0 Å². The van der Waals surface area contributed by atoms with Crippen molar-refractivity contribution in [3.05, 3.63) is 70.3 Å². The van der Waals surface area contributed by atoms with Crippen molar-refractivity contribution in [2.24, 2.45) is 10.3 Å². The monoisotopic (exact) mass is 448 g/mol. The molecule has 6 nitrogen and oxygen atoms in total. The molecule has 1 aliphatic carbocycles. The Labute approximate surface area is 183 Å². The number of esters is 1. The van der Waals surface area contributed by atoms with Crippen molar-refractivity contribution in [1.29, 1.82) is 0 Å². The van der Waals surface area contributed by atoms with Crippen molar-refractivity contribution < 1.29 is 32.4 Å². The minimum Gasteiger partial charge on any atom is -0.464 e. The number of alkyl halides is 3. The van der Waals surface area contributed by atoms with Gasteiger partial charge in [0.15, 0.2) is 5.71 Å². The van der Waals surface area contributed by atoms with Crippen LogP contribution in [0.5, 0.6) is 0 Å². The molecule has 0 aromatic heterocycles. The fourth-order valence-electron chi connectivity index (χ4n) is 3.32. The fourth-order valence-corrected chi connectivity index (χ4v) is 3.32. The molecular formula is C23H23F3N2O4. The highest BCUT2D eigenvalue weighted by Gasteiger charge is 2.31. The summed E-state index contributed by atoms with van der Waals surface area (Å²) in [5.41, 5.74) is 2.03. The first kappa shape index (κ1) is 23.3. The molecule has 2 aromatic rings. The molecule has 170 valence electrons. The van der Waals surface area contributed by atoms with E-state index >= 15 is 0 Å².